The Morgan fingerprint density at radius 1 is 1.29 bits per heavy atom. The highest BCUT2D eigenvalue weighted by Gasteiger charge is 2.33. The molecule has 0 saturated carbocycles. The fraction of sp³-hybridized carbons (Fsp3) is 0.312. The number of nitrogens with two attached hydrogens (primary N) is 2. The van der Waals surface area contributed by atoms with E-state index in [-0.39, 0.29) is 17.7 Å². The van der Waals surface area contributed by atoms with Gasteiger partial charge in [0.25, 0.3) is 0 Å². The van der Waals surface area contributed by atoms with E-state index >= 15 is 0 Å². The van der Waals surface area contributed by atoms with Crippen molar-refractivity contribution >= 4 is 23.6 Å². The Balaban J connectivity index is 2.14. The molecule has 24 heavy (non-hydrogen) atoms. The highest BCUT2D eigenvalue weighted by atomic mass is 16.5. The second-order valence-corrected chi connectivity index (χ2v) is 5.47. The Morgan fingerprint density at radius 3 is 2.75 bits per heavy atom. The van der Waals surface area contributed by atoms with E-state index in [4.69, 9.17) is 16.2 Å². The first-order valence-corrected chi connectivity index (χ1v) is 7.65. The van der Waals surface area contributed by atoms with Gasteiger partial charge in [0.15, 0.2) is 0 Å². The van der Waals surface area contributed by atoms with Crippen LogP contribution in [0.3, 0.4) is 0 Å². The van der Waals surface area contributed by atoms with Crippen LogP contribution in [0.2, 0.25) is 0 Å². The van der Waals surface area contributed by atoms with Crippen molar-refractivity contribution in [2.24, 2.45) is 0 Å². The first-order valence-electron chi connectivity index (χ1n) is 7.65. The number of methoxy groups -OCH3 is 1. The molecule has 126 valence electrons. The summed E-state index contributed by atoms with van der Waals surface area (Å²) in [6, 6.07) is 9.07. The molecular weight excluding hydrogens is 308 g/mol. The number of nitrogens with one attached hydrogen (secondary N) is 1. The Hall–Kier alpha value is -2.87. The minimum absolute atomic E-state index is 0.0735. The molecule has 1 fully saturated rings. The predicted molar refractivity (Wildman–Crippen MR) is 92.3 cm³/mol. The van der Waals surface area contributed by atoms with E-state index in [0.29, 0.717) is 31.0 Å². The second-order valence-electron chi connectivity index (χ2n) is 5.47. The van der Waals surface area contributed by atoms with Crippen LogP contribution in [-0.4, -0.2) is 48.7 Å². The van der Waals surface area contributed by atoms with Gasteiger partial charge in [0.05, 0.1) is 12.7 Å². The smallest absolute Gasteiger partial charge is 0.329 e. The van der Waals surface area contributed by atoms with Crippen molar-refractivity contribution < 1.29 is 9.53 Å². The number of ether oxygens (including phenoxy) is 1. The Kier molecular flexibility index (Phi) is 4.48. The zero-order chi connectivity index (χ0) is 17.1. The molecular formula is C16H20N6O2. The van der Waals surface area contributed by atoms with Crippen LogP contribution in [0, 0.1) is 0 Å². The molecule has 0 amide bonds. The zero-order valence-electron chi connectivity index (χ0n) is 13.4. The lowest BCUT2D eigenvalue weighted by atomic mass is 10.0. The number of benzene rings is 1. The van der Waals surface area contributed by atoms with Crippen LogP contribution in [0.25, 0.3) is 11.1 Å². The molecule has 0 aliphatic carbocycles. The first kappa shape index (κ1) is 16.0. The van der Waals surface area contributed by atoms with Crippen LogP contribution in [0.15, 0.2) is 30.3 Å². The highest BCUT2D eigenvalue weighted by Crippen LogP contribution is 2.35. The number of esters is 1. The van der Waals surface area contributed by atoms with Crippen molar-refractivity contribution in [3.8, 4) is 11.1 Å². The highest BCUT2D eigenvalue weighted by molar-refractivity contribution is 5.88. The zero-order valence-corrected chi connectivity index (χ0v) is 13.4. The molecule has 1 aliphatic heterocycles. The van der Waals surface area contributed by atoms with E-state index in [9.17, 15) is 4.79 Å². The van der Waals surface area contributed by atoms with E-state index in [1.165, 1.54) is 7.11 Å². The lowest BCUT2D eigenvalue weighted by Crippen LogP contribution is -2.56. The van der Waals surface area contributed by atoms with Gasteiger partial charge in [-0.2, -0.15) is 9.97 Å². The van der Waals surface area contributed by atoms with Gasteiger partial charge in [-0.05, 0) is 5.56 Å². The van der Waals surface area contributed by atoms with Gasteiger partial charge < -0.3 is 26.4 Å². The molecule has 1 aliphatic rings. The molecule has 1 unspecified atom stereocenters. The van der Waals surface area contributed by atoms with Crippen LogP contribution >= 0.6 is 0 Å². The van der Waals surface area contributed by atoms with E-state index < -0.39 is 6.04 Å². The molecule has 1 atom stereocenters. The van der Waals surface area contributed by atoms with Gasteiger partial charge in [0, 0.05) is 19.6 Å². The number of hydrogen-bond acceptors (Lipinski definition) is 8. The fourth-order valence-corrected chi connectivity index (χ4v) is 2.88. The summed E-state index contributed by atoms with van der Waals surface area (Å²) in [6.45, 7) is 1.76. The van der Waals surface area contributed by atoms with Crippen molar-refractivity contribution in [2.75, 3.05) is 43.1 Å². The topological polar surface area (TPSA) is 119 Å². The number of nitrogens with zero attached hydrogens (tertiary/aromatic N) is 3. The largest absolute Gasteiger partial charge is 0.467 e. The quantitative estimate of drug-likeness (QED) is 0.686. The molecule has 1 aromatic carbocycles. The third-order valence-electron chi connectivity index (χ3n) is 3.99. The minimum atomic E-state index is -0.500. The van der Waals surface area contributed by atoms with Crippen molar-refractivity contribution in [3.05, 3.63) is 30.3 Å². The van der Waals surface area contributed by atoms with Crippen LogP contribution in [0.1, 0.15) is 0 Å². The first-order chi connectivity index (χ1) is 11.6. The molecule has 5 N–H and O–H groups in total. The third kappa shape index (κ3) is 2.95. The average molecular weight is 328 g/mol. The Labute approximate surface area is 139 Å². The summed E-state index contributed by atoms with van der Waals surface area (Å²) in [5, 5.41) is 3.19. The molecule has 3 rings (SSSR count). The van der Waals surface area contributed by atoms with Gasteiger partial charge in [-0.3, -0.25) is 0 Å². The molecule has 2 heterocycles. The maximum Gasteiger partial charge on any atom is 0.329 e. The van der Waals surface area contributed by atoms with Gasteiger partial charge in [0.1, 0.15) is 17.7 Å². The molecule has 0 bridgehead atoms. The van der Waals surface area contributed by atoms with Gasteiger partial charge in [-0.15, -0.1) is 0 Å². The number of carbonyl (C=O) groups is 1. The lowest BCUT2D eigenvalue weighted by Gasteiger charge is -2.36. The number of rotatable bonds is 3. The number of hydrogen-bond donors (Lipinski definition) is 3. The molecule has 0 radical (unpaired) electrons. The lowest BCUT2D eigenvalue weighted by molar-refractivity contribution is -0.142. The summed E-state index contributed by atoms with van der Waals surface area (Å²) in [5.74, 6) is 0.565. The molecule has 1 aromatic heterocycles. The summed E-state index contributed by atoms with van der Waals surface area (Å²) in [6.07, 6.45) is 0. The van der Waals surface area contributed by atoms with E-state index in [2.05, 4.69) is 15.3 Å². The number of carbonyl (C=O) groups excluding carboxylic acids is 1. The molecule has 2 aromatic rings. The summed E-state index contributed by atoms with van der Waals surface area (Å²) in [4.78, 5) is 22.5. The Bertz CT molecular complexity index is 737. The molecule has 1 saturated heterocycles. The molecule has 8 heteroatoms. The predicted octanol–water partition coefficient (Wildman–Crippen LogP) is 0.259. The number of piperazine rings is 1. The van der Waals surface area contributed by atoms with E-state index in [0.717, 1.165) is 5.56 Å². The third-order valence-corrected chi connectivity index (χ3v) is 3.99. The number of anilines is 3. The van der Waals surface area contributed by atoms with Gasteiger partial charge >= 0.3 is 5.97 Å². The second kappa shape index (κ2) is 6.71. The van der Waals surface area contributed by atoms with Crippen molar-refractivity contribution in [2.45, 2.75) is 6.04 Å². The SMILES string of the molecule is COC(=O)C1CNCCN1c1nc(N)nc(N)c1-c1ccccc1. The standard InChI is InChI=1S/C16H20N6O2/c1-24-15(23)11-9-19-7-8-22(11)14-12(10-5-3-2-4-6-10)13(17)20-16(18)21-14/h2-6,11,19H,7-9H2,1H3,(H4,17,18,20,21). The van der Waals surface area contributed by atoms with Gasteiger partial charge in [-0.1, -0.05) is 30.3 Å². The maximum atomic E-state index is 12.2. The molecule has 8 nitrogen and oxygen atoms in total. The number of aromatic nitrogens is 2. The fourth-order valence-electron chi connectivity index (χ4n) is 2.88. The number of nitrogen functional groups attached to an aromatic ring is 2. The maximum absolute atomic E-state index is 12.2. The van der Waals surface area contributed by atoms with E-state index in [1.807, 2.05) is 35.2 Å². The van der Waals surface area contributed by atoms with Crippen molar-refractivity contribution in [3.63, 3.8) is 0 Å². The van der Waals surface area contributed by atoms with Crippen LogP contribution in [-0.2, 0) is 9.53 Å². The van der Waals surface area contributed by atoms with Crippen LogP contribution in [0.5, 0.6) is 0 Å². The monoisotopic (exact) mass is 328 g/mol. The average Bonchev–Trinajstić information content (AvgIpc) is 2.61. The Morgan fingerprint density at radius 2 is 2.04 bits per heavy atom. The summed E-state index contributed by atoms with van der Waals surface area (Å²) >= 11 is 0. The minimum Gasteiger partial charge on any atom is -0.467 e. The normalized spacial score (nSPS) is 17.5. The van der Waals surface area contributed by atoms with Crippen molar-refractivity contribution in [1.29, 1.82) is 0 Å². The van der Waals surface area contributed by atoms with Gasteiger partial charge in [-0.25, -0.2) is 4.79 Å². The molecule has 0 spiro atoms. The van der Waals surface area contributed by atoms with Crippen molar-refractivity contribution in [1.82, 2.24) is 15.3 Å². The van der Waals surface area contributed by atoms with Crippen LogP contribution in [0.4, 0.5) is 17.6 Å². The summed E-state index contributed by atoms with van der Waals surface area (Å²) < 4.78 is 4.92. The summed E-state index contributed by atoms with van der Waals surface area (Å²) in [7, 11) is 1.37. The van der Waals surface area contributed by atoms with Gasteiger partial charge in [0.2, 0.25) is 5.95 Å². The van der Waals surface area contributed by atoms with E-state index in [1.54, 1.807) is 0 Å². The van der Waals surface area contributed by atoms with Crippen LogP contribution < -0.4 is 21.7 Å². The summed E-state index contributed by atoms with van der Waals surface area (Å²) in [5.41, 5.74) is 13.5.